The number of fused-ring (bicyclic) bond motifs is 1. The number of aromatic nitrogens is 2. The fourth-order valence-electron chi connectivity index (χ4n) is 1.78. The van der Waals surface area contributed by atoms with Crippen LogP contribution in [0.2, 0.25) is 5.15 Å². The van der Waals surface area contributed by atoms with Gasteiger partial charge in [0.2, 0.25) is 5.95 Å². The normalized spacial score (nSPS) is 15.2. The van der Waals surface area contributed by atoms with Crippen molar-refractivity contribution < 1.29 is 0 Å². The van der Waals surface area contributed by atoms with Gasteiger partial charge >= 0.3 is 0 Å². The lowest BCUT2D eigenvalue weighted by atomic mass is 10.1. The van der Waals surface area contributed by atoms with Crippen molar-refractivity contribution in [1.82, 2.24) is 9.97 Å². The van der Waals surface area contributed by atoms with Crippen LogP contribution in [0, 0.1) is 0 Å². The first-order valence-corrected chi connectivity index (χ1v) is 5.67. The van der Waals surface area contributed by atoms with Crippen molar-refractivity contribution in [3.8, 4) is 0 Å². The van der Waals surface area contributed by atoms with Gasteiger partial charge in [0.1, 0.15) is 5.15 Å². The molecule has 0 bridgehead atoms. The van der Waals surface area contributed by atoms with Gasteiger partial charge in [0, 0.05) is 11.1 Å². The SMILES string of the molecule is CC(C)(C)Nc1nc(Cl)c2c(n1)CCC2. The molecule has 0 fully saturated rings. The highest BCUT2D eigenvalue weighted by molar-refractivity contribution is 6.30. The summed E-state index contributed by atoms with van der Waals surface area (Å²) in [6, 6.07) is 0. The molecule has 82 valence electrons. The van der Waals surface area contributed by atoms with E-state index in [-0.39, 0.29) is 5.54 Å². The number of nitrogens with one attached hydrogen (secondary N) is 1. The average molecular weight is 226 g/mol. The second-order valence-electron chi connectivity index (χ2n) is 4.99. The third-order valence-corrected chi connectivity index (χ3v) is 2.68. The fraction of sp³-hybridized carbons (Fsp3) is 0.636. The second kappa shape index (κ2) is 3.63. The molecule has 1 aromatic heterocycles. The van der Waals surface area contributed by atoms with Gasteiger partial charge in [-0.05, 0) is 40.0 Å². The molecule has 0 saturated heterocycles. The molecule has 15 heavy (non-hydrogen) atoms. The summed E-state index contributed by atoms with van der Waals surface area (Å²) in [5.74, 6) is 0.646. The zero-order chi connectivity index (χ0) is 11.1. The first-order chi connectivity index (χ1) is 6.96. The molecule has 1 N–H and O–H groups in total. The van der Waals surface area contributed by atoms with Gasteiger partial charge in [-0.3, -0.25) is 0 Å². The van der Waals surface area contributed by atoms with Crippen LogP contribution in [0.15, 0.2) is 0 Å². The van der Waals surface area contributed by atoms with Crippen LogP contribution in [-0.2, 0) is 12.8 Å². The van der Waals surface area contributed by atoms with Crippen LogP contribution >= 0.6 is 11.6 Å². The summed E-state index contributed by atoms with van der Waals surface area (Å²) in [5.41, 5.74) is 2.22. The van der Waals surface area contributed by atoms with Crippen molar-refractivity contribution in [3.63, 3.8) is 0 Å². The average Bonchev–Trinajstić information content (AvgIpc) is 2.48. The lowest BCUT2D eigenvalue weighted by molar-refractivity contribution is 0.625. The van der Waals surface area contributed by atoms with Gasteiger partial charge in [0.25, 0.3) is 0 Å². The first kappa shape index (κ1) is 10.7. The summed E-state index contributed by atoms with van der Waals surface area (Å²) >= 11 is 6.11. The Hall–Kier alpha value is -0.830. The quantitative estimate of drug-likeness (QED) is 0.747. The summed E-state index contributed by atoms with van der Waals surface area (Å²) in [7, 11) is 0. The third-order valence-electron chi connectivity index (χ3n) is 2.37. The molecule has 0 atom stereocenters. The molecule has 2 rings (SSSR count). The number of nitrogens with zero attached hydrogens (tertiary/aromatic N) is 2. The standard InChI is InChI=1S/C11H16ClN3/c1-11(2,3)15-10-13-8-6-4-5-7(8)9(12)14-10/h4-6H2,1-3H3,(H,13,14,15). The highest BCUT2D eigenvalue weighted by atomic mass is 35.5. The Bertz CT molecular complexity index is 382. The smallest absolute Gasteiger partial charge is 0.224 e. The number of rotatable bonds is 1. The Balaban J connectivity index is 2.32. The molecule has 3 nitrogen and oxygen atoms in total. The summed E-state index contributed by atoms with van der Waals surface area (Å²) < 4.78 is 0. The lowest BCUT2D eigenvalue weighted by Crippen LogP contribution is -2.27. The molecule has 0 aliphatic heterocycles. The van der Waals surface area contributed by atoms with Crippen LogP contribution in [0.3, 0.4) is 0 Å². The second-order valence-corrected chi connectivity index (χ2v) is 5.35. The predicted octanol–water partition coefficient (Wildman–Crippen LogP) is 2.83. The van der Waals surface area contributed by atoms with Gasteiger partial charge in [-0.2, -0.15) is 0 Å². The van der Waals surface area contributed by atoms with Crippen molar-refractivity contribution in [2.24, 2.45) is 0 Å². The molecular formula is C11H16ClN3. The van der Waals surface area contributed by atoms with E-state index in [4.69, 9.17) is 11.6 Å². The Morgan fingerprint density at radius 3 is 2.60 bits per heavy atom. The van der Waals surface area contributed by atoms with Crippen LogP contribution in [0.25, 0.3) is 0 Å². The Morgan fingerprint density at radius 2 is 1.93 bits per heavy atom. The topological polar surface area (TPSA) is 37.8 Å². The largest absolute Gasteiger partial charge is 0.350 e. The van der Waals surface area contributed by atoms with E-state index < -0.39 is 0 Å². The maximum Gasteiger partial charge on any atom is 0.224 e. The molecule has 0 radical (unpaired) electrons. The summed E-state index contributed by atoms with van der Waals surface area (Å²) in [6.07, 6.45) is 3.18. The van der Waals surface area contributed by atoms with Crippen LogP contribution in [0.4, 0.5) is 5.95 Å². The summed E-state index contributed by atoms with van der Waals surface area (Å²) in [4.78, 5) is 8.77. The molecule has 0 spiro atoms. The van der Waals surface area contributed by atoms with Gasteiger partial charge in [-0.15, -0.1) is 0 Å². The molecular weight excluding hydrogens is 210 g/mol. The number of hydrogen-bond donors (Lipinski definition) is 1. The van der Waals surface area contributed by atoms with Gasteiger partial charge in [-0.25, -0.2) is 9.97 Å². The Kier molecular flexibility index (Phi) is 2.59. The summed E-state index contributed by atoms with van der Waals surface area (Å²) in [5, 5.41) is 3.86. The maximum atomic E-state index is 6.11. The molecule has 4 heteroatoms. The van der Waals surface area contributed by atoms with Crippen molar-refractivity contribution in [3.05, 3.63) is 16.4 Å². The summed E-state index contributed by atoms with van der Waals surface area (Å²) in [6.45, 7) is 6.24. The molecule has 1 heterocycles. The van der Waals surface area contributed by atoms with Gasteiger partial charge in [0.15, 0.2) is 0 Å². The molecule has 1 aliphatic carbocycles. The van der Waals surface area contributed by atoms with E-state index in [1.54, 1.807) is 0 Å². The molecule has 0 aromatic carbocycles. The van der Waals surface area contributed by atoms with Gasteiger partial charge in [-0.1, -0.05) is 11.6 Å². The molecule has 0 amide bonds. The van der Waals surface area contributed by atoms with Crippen LogP contribution in [0.5, 0.6) is 0 Å². The van der Waals surface area contributed by atoms with Gasteiger partial charge < -0.3 is 5.32 Å². The molecule has 0 saturated carbocycles. The fourth-order valence-corrected chi connectivity index (χ4v) is 2.06. The van der Waals surface area contributed by atoms with E-state index in [9.17, 15) is 0 Å². The minimum atomic E-state index is -0.0316. The zero-order valence-electron chi connectivity index (χ0n) is 9.39. The van der Waals surface area contributed by atoms with Crippen molar-refractivity contribution in [2.45, 2.75) is 45.6 Å². The highest BCUT2D eigenvalue weighted by Crippen LogP contribution is 2.27. The Morgan fingerprint density at radius 1 is 1.20 bits per heavy atom. The third kappa shape index (κ3) is 2.40. The van der Waals surface area contributed by atoms with Crippen LogP contribution in [-0.4, -0.2) is 15.5 Å². The number of aryl methyl sites for hydroxylation is 1. The Labute approximate surface area is 95.3 Å². The maximum absolute atomic E-state index is 6.11. The monoisotopic (exact) mass is 225 g/mol. The van der Waals surface area contributed by atoms with E-state index in [0.29, 0.717) is 11.1 Å². The minimum Gasteiger partial charge on any atom is -0.350 e. The van der Waals surface area contributed by atoms with E-state index in [2.05, 4.69) is 36.1 Å². The highest BCUT2D eigenvalue weighted by Gasteiger charge is 2.19. The number of halogens is 1. The van der Waals surface area contributed by atoms with E-state index in [1.165, 1.54) is 0 Å². The predicted molar refractivity (Wildman–Crippen MR) is 62.4 cm³/mol. The van der Waals surface area contributed by atoms with Crippen molar-refractivity contribution >= 4 is 17.5 Å². The molecule has 0 unspecified atom stereocenters. The van der Waals surface area contributed by atoms with Crippen LogP contribution in [0.1, 0.15) is 38.4 Å². The van der Waals surface area contributed by atoms with E-state index in [0.717, 1.165) is 30.5 Å². The number of anilines is 1. The van der Waals surface area contributed by atoms with Crippen molar-refractivity contribution in [2.75, 3.05) is 5.32 Å². The zero-order valence-corrected chi connectivity index (χ0v) is 10.1. The molecule has 1 aromatic rings. The first-order valence-electron chi connectivity index (χ1n) is 5.29. The minimum absolute atomic E-state index is 0.0316. The van der Waals surface area contributed by atoms with Crippen molar-refractivity contribution in [1.29, 1.82) is 0 Å². The van der Waals surface area contributed by atoms with E-state index in [1.807, 2.05) is 0 Å². The van der Waals surface area contributed by atoms with Crippen LogP contribution < -0.4 is 5.32 Å². The lowest BCUT2D eigenvalue weighted by Gasteiger charge is -2.20. The van der Waals surface area contributed by atoms with E-state index >= 15 is 0 Å². The number of hydrogen-bond acceptors (Lipinski definition) is 3. The van der Waals surface area contributed by atoms with Gasteiger partial charge in [0.05, 0.1) is 5.69 Å². The molecule has 1 aliphatic rings.